The van der Waals surface area contributed by atoms with E-state index in [1.807, 2.05) is 0 Å². The van der Waals surface area contributed by atoms with E-state index in [4.69, 9.17) is 0 Å². The molecule has 3 nitrogen and oxygen atoms in total. The summed E-state index contributed by atoms with van der Waals surface area (Å²) in [6, 6.07) is 4.49. The van der Waals surface area contributed by atoms with Gasteiger partial charge in [-0.05, 0) is 36.5 Å². The van der Waals surface area contributed by atoms with E-state index in [0.717, 1.165) is 18.4 Å². The smallest absolute Gasteiger partial charge is 0.376 e. The maximum Gasteiger partial charge on any atom is 0.534 e. The SMILES string of the molecule is O=S(=O)(Oc1cccc2c1CCC2)C(F)(F)F. The van der Waals surface area contributed by atoms with Crippen molar-refractivity contribution in [3.63, 3.8) is 0 Å². The number of fused-ring (bicyclic) bond motifs is 1. The van der Waals surface area contributed by atoms with Gasteiger partial charge in [-0.1, -0.05) is 12.1 Å². The van der Waals surface area contributed by atoms with Gasteiger partial charge in [0.05, 0.1) is 0 Å². The van der Waals surface area contributed by atoms with Crippen molar-refractivity contribution in [2.24, 2.45) is 0 Å². The average Bonchev–Trinajstić information content (AvgIpc) is 2.64. The quantitative estimate of drug-likeness (QED) is 0.610. The Balaban J connectivity index is 2.36. The molecule has 0 saturated carbocycles. The summed E-state index contributed by atoms with van der Waals surface area (Å²) < 4.78 is 62.4. The molecule has 1 aliphatic carbocycles. The van der Waals surface area contributed by atoms with Gasteiger partial charge in [-0.25, -0.2) is 0 Å². The minimum atomic E-state index is -5.57. The minimum Gasteiger partial charge on any atom is -0.376 e. The number of aryl methyl sites for hydroxylation is 1. The highest BCUT2D eigenvalue weighted by molar-refractivity contribution is 7.88. The molecule has 0 saturated heterocycles. The number of hydrogen-bond donors (Lipinski definition) is 0. The van der Waals surface area contributed by atoms with Gasteiger partial charge in [-0.2, -0.15) is 21.6 Å². The van der Waals surface area contributed by atoms with Crippen molar-refractivity contribution < 1.29 is 25.8 Å². The molecule has 0 unspecified atom stereocenters. The summed E-state index contributed by atoms with van der Waals surface area (Å²) >= 11 is 0. The van der Waals surface area contributed by atoms with Gasteiger partial charge in [0.2, 0.25) is 0 Å². The lowest BCUT2D eigenvalue weighted by Gasteiger charge is -2.12. The number of benzene rings is 1. The van der Waals surface area contributed by atoms with Crippen molar-refractivity contribution >= 4 is 10.1 Å². The van der Waals surface area contributed by atoms with Crippen molar-refractivity contribution in [3.8, 4) is 5.75 Å². The molecule has 0 bridgehead atoms. The molecule has 94 valence electrons. The van der Waals surface area contributed by atoms with Crippen LogP contribution in [0.25, 0.3) is 0 Å². The molecular weight excluding hydrogens is 257 g/mol. The third-order valence-corrected chi connectivity index (χ3v) is 3.55. The van der Waals surface area contributed by atoms with Crippen LogP contribution in [0.1, 0.15) is 17.5 Å². The van der Waals surface area contributed by atoms with Gasteiger partial charge in [-0.3, -0.25) is 0 Å². The largest absolute Gasteiger partial charge is 0.534 e. The van der Waals surface area contributed by atoms with Gasteiger partial charge < -0.3 is 4.18 Å². The lowest BCUT2D eigenvalue weighted by Crippen LogP contribution is -2.28. The van der Waals surface area contributed by atoms with Crippen LogP contribution in [0.5, 0.6) is 5.75 Å². The van der Waals surface area contributed by atoms with E-state index in [0.29, 0.717) is 12.0 Å². The predicted octanol–water partition coefficient (Wildman–Crippen LogP) is 2.40. The van der Waals surface area contributed by atoms with Crippen LogP contribution in [0.2, 0.25) is 0 Å². The van der Waals surface area contributed by atoms with Gasteiger partial charge in [0.1, 0.15) is 5.75 Å². The van der Waals surface area contributed by atoms with E-state index in [1.54, 1.807) is 6.07 Å². The van der Waals surface area contributed by atoms with Gasteiger partial charge in [-0.15, -0.1) is 0 Å². The third kappa shape index (κ3) is 2.24. The van der Waals surface area contributed by atoms with Crippen molar-refractivity contribution in [2.45, 2.75) is 24.8 Å². The molecule has 1 aromatic rings. The first-order valence-electron chi connectivity index (χ1n) is 4.93. The number of alkyl halides is 3. The number of hydrogen-bond acceptors (Lipinski definition) is 3. The van der Waals surface area contributed by atoms with Crippen molar-refractivity contribution in [2.75, 3.05) is 0 Å². The van der Waals surface area contributed by atoms with Crippen LogP contribution in [-0.4, -0.2) is 13.9 Å². The molecule has 0 N–H and O–H groups in total. The zero-order chi connectivity index (χ0) is 12.7. The Labute approximate surface area is 96.3 Å². The molecule has 0 spiro atoms. The monoisotopic (exact) mass is 266 g/mol. The molecule has 0 atom stereocenters. The summed E-state index contributed by atoms with van der Waals surface area (Å²) in [7, 11) is -5.57. The summed E-state index contributed by atoms with van der Waals surface area (Å²) in [4.78, 5) is 0. The Morgan fingerprint density at radius 1 is 1.18 bits per heavy atom. The van der Waals surface area contributed by atoms with E-state index in [9.17, 15) is 21.6 Å². The van der Waals surface area contributed by atoms with E-state index in [2.05, 4.69) is 4.18 Å². The van der Waals surface area contributed by atoms with E-state index in [1.165, 1.54) is 12.1 Å². The molecule has 0 amide bonds. The summed E-state index contributed by atoms with van der Waals surface area (Å²) in [5, 5.41) is 0. The van der Waals surface area contributed by atoms with Gasteiger partial charge >= 0.3 is 15.6 Å². The zero-order valence-electron chi connectivity index (χ0n) is 8.62. The van der Waals surface area contributed by atoms with Gasteiger partial charge in [0, 0.05) is 0 Å². The molecule has 0 heterocycles. The summed E-state index contributed by atoms with van der Waals surface area (Å²) in [5.41, 5.74) is -3.99. The topological polar surface area (TPSA) is 43.4 Å². The van der Waals surface area contributed by atoms with E-state index >= 15 is 0 Å². The lowest BCUT2D eigenvalue weighted by atomic mass is 10.1. The minimum absolute atomic E-state index is 0.211. The first kappa shape index (κ1) is 12.2. The molecule has 0 fully saturated rings. The van der Waals surface area contributed by atoms with E-state index < -0.39 is 15.6 Å². The van der Waals surface area contributed by atoms with Crippen molar-refractivity contribution in [3.05, 3.63) is 29.3 Å². The van der Waals surface area contributed by atoms with Crippen LogP contribution in [0, 0.1) is 0 Å². The van der Waals surface area contributed by atoms with Crippen LogP contribution in [0.15, 0.2) is 18.2 Å². The molecule has 0 aromatic heterocycles. The fourth-order valence-electron chi connectivity index (χ4n) is 1.83. The van der Waals surface area contributed by atoms with Crippen molar-refractivity contribution in [1.29, 1.82) is 0 Å². The normalized spacial score (nSPS) is 15.7. The first-order valence-corrected chi connectivity index (χ1v) is 6.33. The van der Waals surface area contributed by atoms with Gasteiger partial charge in [0.15, 0.2) is 0 Å². The molecule has 17 heavy (non-hydrogen) atoms. The molecule has 1 aliphatic rings. The van der Waals surface area contributed by atoms with Crippen LogP contribution >= 0.6 is 0 Å². The number of rotatable bonds is 2. The highest BCUT2D eigenvalue weighted by Gasteiger charge is 2.48. The van der Waals surface area contributed by atoms with E-state index in [-0.39, 0.29) is 5.75 Å². The Hall–Kier alpha value is -1.24. The van der Waals surface area contributed by atoms with Crippen molar-refractivity contribution in [1.82, 2.24) is 0 Å². The standard InChI is InChI=1S/C10H9F3O3S/c11-10(12,13)17(14,15)16-9-6-2-4-7-3-1-5-8(7)9/h2,4,6H,1,3,5H2. The summed E-state index contributed by atoms with van der Waals surface area (Å²) in [6.45, 7) is 0. The van der Waals surface area contributed by atoms with Crippen LogP contribution in [-0.2, 0) is 23.0 Å². The van der Waals surface area contributed by atoms with Crippen LogP contribution < -0.4 is 4.18 Å². The third-order valence-electron chi connectivity index (χ3n) is 2.59. The molecular formula is C10H9F3O3S. The molecule has 1 aromatic carbocycles. The second kappa shape index (κ2) is 3.90. The Bertz CT molecular complexity index is 534. The maximum absolute atomic E-state index is 12.2. The lowest BCUT2D eigenvalue weighted by molar-refractivity contribution is -0.0500. The first-order chi connectivity index (χ1) is 7.81. The summed E-state index contributed by atoms with van der Waals surface area (Å²) in [6.07, 6.45) is 2.07. The molecule has 2 rings (SSSR count). The van der Waals surface area contributed by atoms with Gasteiger partial charge in [0.25, 0.3) is 0 Å². The number of halogens is 3. The second-order valence-corrected chi connectivity index (χ2v) is 5.27. The predicted molar refractivity (Wildman–Crippen MR) is 54.1 cm³/mol. The highest BCUT2D eigenvalue weighted by Crippen LogP contribution is 2.34. The fraction of sp³-hybridized carbons (Fsp3) is 0.400. The molecule has 0 radical (unpaired) electrons. The maximum atomic E-state index is 12.2. The average molecular weight is 266 g/mol. The Morgan fingerprint density at radius 2 is 1.88 bits per heavy atom. The summed E-state index contributed by atoms with van der Waals surface area (Å²) in [5.74, 6) is -0.211. The Kier molecular flexibility index (Phi) is 2.81. The zero-order valence-corrected chi connectivity index (χ0v) is 9.44. The Morgan fingerprint density at radius 3 is 2.53 bits per heavy atom. The second-order valence-electron chi connectivity index (χ2n) is 3.73. The molecule has 0 aliphatic heterocycles. The highest BCUT2D eigenvalue weighted by atomic mass is 32.2. The van der Waals surface area contributed by atoms with Crippen LogP contribution in [0.3, 0.4) is 0 Å². The fourth-order valence-corrected chi connectivity index (χ4v) is 2.32. The van der Waals surface area contributed by atoms with Crippen LogP contribution in [0.4, 0.5) is 13.2 Å². The molecule has 7 heteroatoms.